The van der Waals surface area contributed by atoms with Crippen molar-refractivity contribution in [2.24, 2.45) is 0 Å². The molecule has 2 aromatic carbocycles. The molecule has 154 valence electrons. The van der Waals surface area contributed by atoms with Crippen molar-refractivity contribution in [3.8, 4) is 0 Å². The lowest BCUT2D eigenvalue weighted by Gasteiger charge is -2.14. The van der Waals surface area contributed by atoms with Gasteiger partial charge in [0.1, 0.15) is 6.61 Å². The van der Waals surface area contributed by atoms with Gasteiger partial charge >= 0.3 is 6.09 Å². The summed E-state index contributed by atoms with van der Waals surface area (Å²) in [6.45, 7) is 4.77. The molecule has 3 rings (SSSR count). The Labute approximate surface area is 169 Å². The molecule has 9 heteroatoms. The zero-order valence-corrected chi connectivity index (χ0v) is 17.1. The van der Waals surface area contributed by atoms with E-state index in [0.29, 0.717) is 24.5 Å². The number of ether oxygens (including phenoxy) is 1. The van der Waals surface area contributed by atoms with Gasteiger partial charge < -0.3 is 15.0 Å². The molecule has 2 N–H and O–H groups in total. The highest BCUT2D eigenvalue weighted by Crippen LogP contribution is 2.24. The fourth-order valence-electron chi connectivity index (χ4n) is 2.97. The Kier molecular flexibility index (Phi) is 6.07. The summed E-state index contributed by atoms with van der Waals surface area (Å²) in [4.78, 5) is 25.0. The molecule has 1 heterocycles. The predicted molar refractivity (Wildman–Crippen MR) is 109 cm³/mol. The lowest BCUT2D eigenvalue weighted by atomic mass is 10.1. The second-order valence-electron chi connectivity index (χ2n) is 6.80. The first-order chi connectivity index (χ1) is 13.8. The molecular formula is C20H23N3O5S. The molecule has 2 amide bonds. The van der Waals surface area contributed by atoms with Crippen LogP contribution in [0.3, 0.4) is 0 Å². The lowest BCUT2D eigenvalue weighted by Crippen LogP contribution is -2.28. The standard InChI is InChI=1S/C20H23N3O5S/c1-14-4-3-5-15(2)19(14)22-29(26,27)17-8-6-16(7-9-17)21-18(24)10-11-23-12-13-28-20(23)25/h3-9,22H,10-13H2,1-2H3,(H,21,24). The highest BCUT2D eigenvalue weighted by Gasteiger charge is 2.22. The minimum absolute atomic E-state index is 0.0953. The zero-order chi connectivity index (χ0) is 21.0. The molecule has 0 bridgehead atoms. The summed E-state index contributed by atoms with van der Waals surface area (Å²) >= 11 is 0. The Bertz CT molecular complexity index is 999. The summed E-state index contributed by atoms with van der Waals surface area (Å²) in [5.41, 5.74) is 2.70. The van der Waals surface area contributed by atoms with Gasteiger partial charge in [0.2, 0.25) is 5.91 Å². The second-order valence-corrected chi connectivity index (χ2v) is 8.48. The van der Waals surface area contributed by atoms with Gasteiger partial charge in [0.25, 0.3) is 10.0 Å². The van der Waals surface area contributed by atoms with E-state index < -0.39 is 16.1 Å². The fourth-order valence-corrected chi connectivity index (χ4v) is 4.18. The number of hydrogen-bond acceptors (Lipinski definition) is 5. The number of hydrogen-bond donors (Lipinski definition) is 2. The van der Waals surface area contributed by atoms with Gasteiger partial charge in [-0.25, -0.2) is 13.2 Å². The van der Waals surface area contributed by atoms with Crippen LogP contribution in [-0.2, 0) is 19.6 Å². The minimum Gasteiger partial charge on any atom is -0.448 e. The van der Waals surface area contributed by atoms with Crippen molar-refractivity contribution in [1.82, 2.24) is 4.90 Å². The maximum atomic E-state index is 12.7. The Balaban J connectivity index is 1.61. The molecule has 1 fully saturated rings. The molecule has 1 aliphatic rings. The number of para-hydroxylation sites is 1. The van der Waals surface area contributed by atoms with Crippen LogP contribution >= 0.6 is 0 Å². The number of cyclic esters (lactones) is 1. The van der Waals surface area contributed by atoms with E-state index in [1.807, 2.05) is 32.0 Å². The van der Waals surface area contributed by atoms with Crippen LogP contribution in [0.15, 0.2) is 47.4 Å². The summed E-state index contributed by atoms with van der Waals surface area (Å²) in [6, 6.07) is 11.5. The molecule has 0 atom stereocenters. The highest BCUT2D eigenvalue weighted by molar-refractivity contribution is 7.92. The Morgan fingerprint density at radius 3 is 2.34 bits per heavy atom. The molecule has 1 aliphatic heterocycles. The molecule has 2 aromatic rings. The Morgan fingerprint density at radius 2 is 1.76 bits per heavy atom. The first-order valence-electron chi connectivity index (χ1n) is 9.17. The van der Waals surface area contributed by atoms with Gasteiger partial charge in [0.15, 0.2) is 0 Å². The van der Waals surface area contributed by atoms with E-state index in [1.165, 1.54) is 29.2 Å². The SMILES string of the molecule is Cc1cccc(C)c1NS(=O)(=O)c1ccc(NC(=O)CCN2CCOC2=O)cc1. The van der Waals surface area contributed by atoms with Crippen molar-refractivity contribution < 1.29 is 22.7 Å². The molecule has 0 radical (unpaired) electrons. The predicted octanol–water partition coefficient (Wildman–Crippen LogP) is 2.89. The first-order valence-corrected chi connectivity index (χ1v) is 10.7. The molecule has 0 saturated carbocycles. The molecule has 0 aliphatic carbocycles. The Morgan fingerprint density at radius 1 is 1.10 bits per heavy atom. The minimum atomic E-state index is -3.75. The number of carbonyl (C=O) groups excluding carboxylic acids is 2. The van der Waals surface area contributed by atoms with Gasteiger partial charge in [-0.1, -0.05) is 18.2 Å². The van der Waals surface area contributed by atoms with Crippen molar-refractivity contribution in [2.75, 3.05) is 29.7 Å². The number of nitrogens with one attached hydrogen (secondary N) is 2. The lowest BCUT2D eigenvalue weighted by molar-refractivity contribution is -0.116. The number of sulfonamides is 1. The van der Waals surface area contributed by atoms with Crippen LogP contribution in [-0.4, -0.2) is 45.0 Å². The van der Waals surface area contributed by atoms with Crippen molar-refractivity contribution >= 4 is 33.4 Å². The molecule has 0 spiro atoms. The van der Waals surface area contributed by atoms with E-state index in [1.54, 1.807) is 0 Å². The average Bonchev–Trinajstić information content (AvgIpc) is 3.08. The third-order valence-corrected chi connectivity index (χ3v) is 5.99. The molecular weight excluding hydrogens is 394 g/mol. The normalized spacial score (nSPS) is 13.9. The van der Waals surface area contributed by atoms with Crippen LogP contribution in [0.1, 0.15) is 17.5 Å². The van der Waals surface area contributed by atoms with Gasteiger partial charge in [0, 0.05) is 18.7 Å². The van der Waals surface area contributed by atoms with E-state index in [9.17, 15) is 18.0 Å². The number of amides is 2. The van der Waals surface area contributed by atoms with Crippen LogP contribution < -0.4 is 10.0 Å². The van der Waals surface area contributed by atoms with Gasteiger partial charge in [0.05, 0.1) is 17.1 Å². The largest absolute Gasteiger partial charge is 0.448 e. The van der Waals surface area contributed by atoms with E-state index >= 15 is 0 Å². The number of nitrogens with zero attached hydrogens (tertiary/aromatic N) is 1. The summed E-state index contributed by atoms with van der Waals surface area (Å²) in [7, 11) is -3.75. The highest BCUT2D eigenvalue weighted by atomic mass is 32.2. The summed E-state index contributed by atoms with van der Waals surface area (Å²) < 4.78 is 32.8. The van der Waals surface area contributed by atoms with Crippen LogP contribution in [0.5, 0.6) is 0 Å². The van der Waals surface area contributed by atoms with Gasteiger partial charge in [-0.3, -0.25) is 9.52 Å². The number of carbonyl (C=O) groups is 2. The van der Waals surface area contributed by atoms with Gasteiger partial charge in [-0.05, 0) is 49.2 Å². The monoisotopic (exact) mass is 417 g/mol. The van der Waals surface area contributed by atoms with Gasteiger partial charge in [-0.15, -0.1) is 0 Å². The Hall–Kier alpha value is -3.07. The number of benzene rings is 2. The van der Waals surface area contributed by atoms with Crippen LogP contribution in [0, 0.1) is 13.8 Å². The van der Waals surface area contributed by atoms with Gasteiger partial charge in [-0.2, -0.15) is 0 Å². The molecule has 1 saturated heterocycles. The summed E-state index contributed by atoms with van der Waals surface area (Å²) in [6.07, 6.45) is -0.285. The van der Waals surface area contributed by atoms with Crippen molar-refractivity contribution in [1.29, 1.82) is 0 Å². The van der Waals surface area contributed by atoms with Crippen LogP contribution in [0.25, 0.3) is 0 Å². The molecule has 0 unspecified atom stereocenters. The topological polar surface area (TPSA) is 105 Å². The van der Waals surface area contributed by atoms with Crippen LogP contribution in [0.4, 0.5) is 16.2 Å². The fraction of sp³-hybridized carbons (Fsp3) is 0.300. The van der Waals surface area contributed by atoms with Crippen LogP contribution in [0.2, 0.25) is 0 Å². The zero-order valence-electron chi connectivity index (χ0n) is 16.3. The molecule has 8 nitrogen and oxygen atoms in total. The van der Waals surface area contributed by atoms with E-state index in [-0.39, 0.29) is 23.8 Å². The van der Waals surface area contributed by atoms with Crippen molar-refractivity contribution in [3.63, 3.8) is 0 Å². The van der Waals surface area contributed by atoms with Crippen molar-refractivity contribution in [2.45, 2.75) is 25.2 Å². The van der Waals surface area contributed by atoms with Crippen molar-refractivity contribution in [3.05, 3.63) is 53.6 Å². The maximum absolute atomic E-state index is 12.7. The molecule has 29 heavy (non-hydrogen) atoms. The number of rotatable bonds is 7. The quantitative estimate of drug-likeness (QED) is 0.721. The number of anilines is 2. The third kappa shape index (κ3) is 5.05. The maximum Gasteiger partial charge on any atom is 0.409 e. The first kappa shape index (κ1) is 20.7. The third-order valence-electron chi connectivity index (χ3n) is 4.62. The van der Waals surface area contributed by atoms with E-state index in [4.69, 9.17) is 4.74 Å². The summed E-state index contributed by atoms with van der Waals surface area (Å²) in [5, 5.41) is 2.69. The number of aryl methyl sites for hydroxylation is 2. The van der Waals surface area contributed by atoms with E-state index in [2.05, 4.69) is 10.0 Å². The van der Waals surface area contributed by atoms with E-state index in [0.717, 1.165) is 11.1 Å². The second kappa shape index (κ2) is 8.52. The smallest absolute Gasteiger partial charge is 0.409 e. The molecule has 0 aromatic heterocycles. The average molecular weight is 417 g/mol. The summed E-state index contributed by atoms with van der Waals surface area (Å²) in [5.74, 6) is -0.269.